The van der Waals surface area contributed by atoms with Gasteiger partial charge in [0.15, 0.2) is 0 Å². The fourth-order valence-corrected chi connectivity index (χ4v) is 2.87. The third kappa shape index (κ3) is 5.95. The molecule has 21 heavy (non-hydrogen) atoms. The molecule has 1 N–H and O–H groups in total. The first kappa shape index (κ1) is 16.1. The van der Waals surface area contributed by atoms with E-state index in [1.165, 1.54) is 34.4 Å². The van der Waals surface area contributed by atoms with E-state index in [0.717, 1.165) is 22.9 Å². The minimum Gasteiger partial charge on any atom is -0.406 e. The lowest BCUT2D eigenvalue weighted by atomic mass is 10.2. The van der Waals surface area contributed by atoms with Crippen molar-refractivity contribution in [2.75, 3.05) is 6.54 Å². The summed E-state index contributed by atoms with van der Waals surface area (Å²) < 4.78 is 41.0. The van der Waals surface area contributed by atoms with Crippen molar-refractivity contribution < 1.29 is 17.9 Å². The Labute approximate surface area is 129 Å². The van der Waals surface area contributed by atoms with Crippen molar-refractivity contribution in [3.05, 3.63) is 51.2 Å². The number of hydrogen-bond donors (Lipinski definition) is 1. The second-order valence-corrected chi connectivity index (χ2v) is 6.13. The Morgan fingerprint density at radius 3 is 2.67 bits per heavy atom. The van der Waals surface area contributed by atoms with Gasteiger partial charge in [-0.25, -0.2) is 0 Å². The first-order valence-corrected chi connectivity index (χ1v) is 7.41. The van der Waals surface area contributed by atoms with Gasteiger partial charge in [-0.2, -0.15) is 0 Å². The van der Waals surface area contributed by atoms with Crippen LogP contribution in [0.3, 0.4) is 0 Å². The van der Waals surface area contributed by atoms with Crippen LogP contribution in [0, 0.1) is 0 Å². The number of rotatable bonds is 6. The number of ether oxygens (including phenoxy) is 1. The third-order valence-electron chi connectivity index (χ3n) is 2.64. The van der Waals surface area contributed by atoms with E-state index in [2.05, 4.69) is 10.1 Å². The molecule has 1 aromatic carbocycles. The maximum atomic E-state index is 12.1. The summed E-state index contributed by atoms with van der Waals surface area (Å²) in [5.41, 5.74) is 0.737. The lowest BCUT2D eigenvalue weighted by Gasteiger charge is -2.10. The van der Waals surface area contributed by atoms with Crippen molar-refractivity contribution in [3.8, 4) is 5.75 Å². The minimum absolute atomic E-state index is 0.202. The van der Waals surface area contributed by atoms with Gasteiger partial charge in [-0.3, -0.25) is 0 Å². The molecule has 0 unspecified atom stereocenters. The van der Waals surface area contributed by atoms with Crippen molar-refractivity contribution in [1.29, 1.82) is 0 Å². The van der Waals surface area contributed by atoms with Gasteiger partial charge in [0.1, 0.15) is 5.75 Å². The van der Waals surface area contributed by atoms with Crippen LogP contribution in [0.1, 0.15) is 10.4 Å². The molecule has 0 aliphatic carbocycles. The Morgan fingerprint density at radius 1 is 1.19 bits per heavy atom. The Bertz CT molecular complexity index is 586. The summed E-state index contributed by atoms with van der Waals surface area (Å²) in [6.45, 7) is 1.20. The molecule has 0 amide bonds. The lowest BCUT2D eigenvalue weighted by Crippen LogP contribution is -2.18. The van der Waals surface area contributed by atoms with Gasteiger partial charge in [0.2, 0.25) is 0 Å². The van der Waals surface area contributed by atoms with Crippen LogP contribution in [0.25, 0.3) is 0 Å². The van der Waals surface area contributed by atoms with E-state index in [1.807, 2.05) is 12.1 Å². The monoisotopic (exact) mass is 335 g/mol. The molecular weight excluding hydrogens is 323 g/mol. The molecule has 0 radical (unpaired) electrons. The topological polar surface area (TPSA) is 21.3 Å². The van der Waals surface area contributed by atoms with Gasteiger partial charge in [-0.1, -0.05) is 23.7 Å². The van der Waals surface area contributed by atoms with E-state index < -0.39 is 6.36 Å². The number of halogens is 4. The molecule has 1 heterocycles. The highest BCUT2D eigenvalue weighted by Gasteiger charge is 2.31. The molecule has 2 rings (SSSR count). The van der Waals surface area contributed by atoms with Gasteiger partial charge in [-0.05, 0) is 36.2 Å². The van der Waals surface area contributed by atoms with Gasteiger partial charge in [0, 0.05) is 18.0 Å². The van der Waals surface area contributed by atoms with Crippen molar-refractivity contribution in [3.63, 3.8) is 0 Å². The van der Waals surface area contributed by atoms with Crippen molar-refractivity contribution in [2.45, 2.75) is 19.3 Å². The summed E-state index contributed by atoms with van der Waals surface area (Å²) in [4.78, 5) is 1.17. The maximum absolute atomic E-state index is 12.1. The van der Waals surface area contributed by atoms with E-state index in [4.69, 9.17) is 11.6 Å². The van der Waals surface area contributed by atoms with Gasteiger partial charge in [0.25, 0.3) is 0 Å². The van der Waals surface area contributed by atoms with Crippen LogP contribution < -0.4 is 10.1 Å². The molecule has 7 heteroatoms. The zero-order valence-electron chi connectivity index (χ0n) is 10.9. The maximum Gasteiger partial charge on any atom is 0.573 e. The summed E-state index contributed by atoms with van der Waals surface area (Å²) in [6.07, 6.45) is -3.83. The van der Waals surface area contributed by atoms with Gasteiger partial charge >= 0.3 is 6.36 Å². The lowest BCUT2D eigenvalue weighted by molar-refractivity contribution is -0.274. The summed E-state index contributed by atoms with van der Waals surface area (Å²) in [6, 6.07) is 9.76. The molecule has 0 saturated carbocycles. The SMILES string of the molecule is FC(F)(F)Oc1cccc(CNCCc2ccc(Cl)s2)c1. The summed E-state index contributed by atoms with van der Waals surface area (Å²) in [5, 5.41) is 3.18. The number of thiophene rings is 1. The van der Waals surface area contributed by atoms with Crippen LogP contribution in [0.15, 0.2) is 36.4 Å². The second-order valence-electron chi connectivity index (χ2n) is 4.33. The van der Waals surface area contributed by atoms with E-state index >= 15 is 0 Å². The van der Waals surface area contributed by atoms with Crippen LogP contribution >= 0.6 is 22.9 Å². The molecular formula is C14H13ClF3NOS. The highest BCUT2D eigenvalue weighted by molar-refractivity contribution is 7.16. The molecule has 0 aliphatic rings. The molecule has 1 aromatic heterocycles. The van der Waals surface area contributed by atoms with Crippen molar-refractivity contribution in [1.82, 2.24) is 5.32 Å². The van der Waals surface area contributed by atoms with Crippen molar-refractivity contribution >= 4 is 22.9 Å². The Hall–Kier alpha value is -1.24. The van der Waals surface area contributed by atoms with Gasteiger partial charge in [-0.15, -0.1) is 24.5 Å². The van der Waals surface area contributed by atoms with Crippen LogP contribution in [0.5, 0.6) is 5.75 Å². The molecule has 114 valence electrons. The first-order chi connectivity index (χ1) is 9.92. The number of nitrogens with one attached hydrogen (secondary N) is 1. The van der Waals surface area contributed by atoms with Crippen LogP contribution in [0.2, 0.25) is 4.34 Å². The van der Waals surface area contributed by atoms with E-state index in [1.54, 1.807) is 6.07 Å². The molecule has 0 bridgehead atoms. The number of hydrogen-bond acceptors (Lipinski definition) is 3. The average molecular weight is 336 g/mol. The van der Waals surface area contributed by atoms with E-state index in [0.29, 0.717) is 6.54 Å². The molecule has 0 aliphatic heterocycles. The molecule has 0 saturated heterocycles. The zero-order chi connectivity index (χ0) is 15.3. The van der Waals surface area contributed by atoms with Crippen LogP contribution in [-0.4, -0.2) is 12.9 Å². The highest BCUT2D eigenvalue weighted by Crippen LogP contribution is 2.23. The molecule has 2 nitrogen and oxygen atoms in total. The fraction of sp³-hybridized carbons (Fsp3) is 0.286. The summed E-state index contributed by atoms with van der Waals surface area (Å²) >= 11 is 7.35. The predicted octanol–water partition coefficient (Wildman–Crippen LogP) is 4.63. The first-order valence-electron chi connectivity index (χ1n) is 6.22. The Balaban J connectivity index is 1.79. The molecule has 0 atom stereocenters. The Kier molecular flexibility index (Phi) is 5.50. The highest BCUT2D eigenvalue weighted by atomic mass is 35.5. The molecule has 2 aromatic rings. The smallest absolute Gasteiger partial charge is 0.406 e. The minimum atomic E-state index is -4.66. The van der Waals surface area contributed by atoms with Crippen LogP contribution in [0.4, 0.5) is 13.2 Å². The average Bonchev–Trinajstić information content (AvgIpc) is 2.79. The second kappa shape index (κ2) is 7.15. The van der Waals surface area contributed by atoms with Crippen molar-refractivity contribution in [2.24, 2.45) is 0 Å². The van der Waals surface area contributed by atoms with Gasteiger partial charge in [0.05, 0.1) is 4.34 Å². The quantitative estimate of drug-likeness (QED) is 0.777. The number of benzene rings is 1. The normalized spacial score (nSPS) is 11.6. The van der Waals surface area contributed by atoms with Gasteiger partial charge < -0.3 is 10.1 Å². The molecule has 0 spiro atoms. The summed E-state index contributed by atoms with van der Waals surface area (Å²) in [5.74, 6) is -0.202. The van der Waals surface area contributed by atoms with E-state index in [-0.39, 0.29) is 5.75 Å². The van der Waals surface area contributed by atoms with Crippen LogP contribution in [-0.2, 0) is 13.0 Å². The Morgan fingerprint density at radius 2 is 2.00 bits per heavy atom. The fourth-order valence-electron chi connectivity index (χ4n) is 1.78. The number of alkyl halides is 3. The standard InChI is InChI=1S/C14H13ClF3NOS/c15-13-5-4-12(21-13)6-7-19-9-10-2-1-3-11(8-10)20-14(16,17)18/h1-5,8,19H,6-7,9H2. The predicted molar refractivity (Wildman–Crippen MR) is 77.9 cm³/mol. The largest absolute Gasteiger partial charge is 0.573 e. The summed E-state index contributed by atoms with van der Waals surface area (Å²) in [7, 11) is 0. The molecule has 0 fully saturated rings. The zero-order valence-corrected chi connectivity index (χ0v) is 12.5. The third-order valence-corrected chi connectivity index (χ3v) is 3.93. The van der Waals surface area contributed by atoms with E-state index in [9.17, 15) is 13.2 Å².